The molecule has 0 saturated heterocycles. The molecule has 0 atom stereocenters. The summed E-state index contributed by atoms with van der Waals surface area (Å²) >= 11 is 3.43. The first-order chi connectivity index (χ1) is 10.3. The van der Waals surface area contributed by atoms with Gasteiger partial charge in [0.1, 0.15) is 0 Å². The number of hydrogen-bond acceptors (Lipinski definition) is 4. The molecule has 0 aromatic carbocycles. The van der Waals surface area contributed by atoms with Crippen LogP contribution in [0.25, 0.3) is 0 Å². The van der Waals surface area contributed by atoms with Crippen LogP contribution in [-0.2, 0) is 11.8 Å². The van der Waals surface area contributed by atoms with Crippen molar-refractivity contribution in [3.8, 4) is 12.1 Å². The monoisotopic (exact) mass is 328 g/mol. The van der Waals surface area contributed by atoms with E-state index in [1.54, 1.807) is 22.7 Å². The molecular formula is C18H20N2S2. The van der Waals surface area contributed by atoms with Gasteiger partial charge in [0.25, 0.3) is 0 Å². The smallest absolute Gasteiger partial charge is 0.174 e. The summed E-state index contributed by atoms with van der Waals surface area (Å²) in [4.78, 5) is 4.76. The van der Waals surface area contributed by atoms with E-state index in [-0.39, 0.29) is 0 Å². The minimum absolute atomic E-state index is 0.472. The van der Waals surface area contributed by atoms with E-state index in [4.69, 9.17) is 0 Å². The Morgan fingerprint density at radius 2 is 1.27 bits per heavy atom. The van der Waals surface area contributed by atoms with Crippen molar-refractivity contribution in [3.63, 3.8) is 0 Å². The van der Waals surface area contributed by atoms with Gasteiger partial charge in [0.2, 0.25) is 0 Å². The van der Waals surface area contributed by atoms with Gasteiger partial charge in [0, 0.05) is 31.5 Å². The van der Waals surface area contributed by atoms with E-state index in [9.17, 15) is 10.5 Å². The molecule has 2 aromatic heterocycles. The van der Waals surface area contributed by atoms with Gasteiger partial charge in [-0.2, -0.15) is 10.5 Å². The summed E-state index contributed by atoms with van der Waals surface area (Å²) in [7, 11) is 0. The molecule has 0 spiro atoms. The Morgan fingerprint density at radius 3 is 1.64 bits per heavy atom. The fourth-order valence-corrected chi connectivity index (χ4v) is 5.32. The third kappa shape index (κ3) is 2.47. The van der Waals surface area contributed by atoms with Gasteiger partial charge in [-0.1, -0.05) is 0 Å². The molecule has 2 nitrogen and oxygen atoms in total. The maximum atomic E-state index is 9.87. The van der Waals surface area contributed by atoms with Crippen LogP contribution in [0.2, 0.25) is 0 Å². The molecule has 2 heterocycles. The maximum absolute atomic E-state index is 9.87. The van der Waals surface area contributed by atoms with Crippen molar-refractivity contribution < 1.29 is 0 Å². The topological polar surface area (TPSA) is 47.6 Å². The van der Waals surface area contributed by atoms with E-state index in [2.05, 4.69) is 39.8 Å². The van der Waals surface area contributed by atoms with E-state index in [0.29, 0.717) is 6.42 Å². The summed E-state index contributed by atoms with van der Waals surface area (Å²) in [6, 6.07) is 4.68. The molecule has 2 rings (SSSR count). The van der Waals surface area contributed by atoms with Gasteiger partial charge < -0.3 is 0 Å². The molecule has 114 valence electrons. The molecular weight excluding hydrogens is 308 g/mol. The Kier molecular flexibility index (Phi) is 4.47. The summed E-state index contributed by atoms with van der Waals surface area (Å²) in [5, 5.41) is 19.7. The van der Waals surface area contributed by atoms with Gasteiger partial charge in [-0.25, -0.2) is 0 Å². The largest absolute Gasteiger partial charge is 0.196 e. The lowest BCUT2D eigenvalue weighted by molar-refractivity contribution is 0.685. The lowest BCUT2D eigenvalue weighted by atomic mass is 9.75. The predicted molar refractivity (Wildman–Crippen MR) is 93.7 cm³/mol. The van der Waals surface area contributed by atoms with E-state index < -0.39 is 5.41 Å². The van der Waals surface area contributed by atoms with Gasteiger partial charge in [0.05, 0.1) is 12.1 Å². The van der Waals surface area contributed by atoms with Crippen LogP contribution in [-0.4, -0.2) is 0 Å². The van der Waals surface area contributed by atoms with E-state index in [1.807, 2.05) is 13.8 Å². The van der Waals surface area contributed by atoms with Crippen LogP contribution in [0.15, 0.2) is 0 Å². The molecule has 0 unspecified atom stereocenters. The molecule has 0 aliphatic rings. The highest BCUT2D eigenvalue weighted by Gasteiger charge is 2.38. The molecule has 0 fully saturated rings. The van der Waals surface area contributed by atoms with Crippen LogP contribution in [0, 0.1) is 64.2 Å². The quantitative estimate of drug-likeness (QED) is 0.778. The Balaban J connectivity index is 2.65. The van der Waals surface area contributed by atoms with Crippen molar-refractivity contribution in [2.75, 3.05) is 0 Å². The minimum atomic E-state index is -1.10. The summed E-state index contributed by atoms with van der Waals surface area (Å²) in [5.41, 5.74) is 3.30. The molecule has 2 aromatic rings. The molecule has 0 bridgehead atoms. The van der Waals surface area contributed by atoms with Crippen LogP contribution in [0.1, 0.15) is 41.8 Å². The average molecular weight is 329 g/mol. The first kappa shape index (κ1) is 16.7. The molecule has 0 amide bonds. The zero-order valence-electron chi connectivity index (χ0n) is 13.9. The normalized spacial score (nSPS) is 11.3. The van der Waals surface area contributed by atoms with Crippen molar-refractivity contribution in [1.82, 2.24) is 0 Å². The SMILES string of the molecule is Cc1sc(C)c(CC(C#N)(C#N)c2c(C)sc(C)c2C)c1C. The van der Waals surface area contributed by atoms with E-state index in [0.717, 1.165) is 21.6 Å². The van der Waals surface area contributed by atoms with E-state index in [1.165, 1.54) is 20.2 Å². The maximum Gasteiger partial charge on any atom is 0.174 e. The second-order valence-corrected chi connectivity index (χ2v) is 8.70. The van der Waals surface area contributed by atoms with Gasteiger partial charge in [-0.15, -0.1) is 22.7 Å². The van der Waals surface area contributed by atoms with Crippen molar-refractivity contribution in [1.29, 1.82) is 10.5 Å². The van der Waals surface area contributed by atoms with Crippen molar-refractivity contribution in [3.05, 3.63) is 41.8 Å². The van der Waals surface area contributed by atoms with Crippen molar-refractivity contribution >= 4 is 22.7 Å². The fraction of sp³-hybridized carbons (Fsp3) is 0.444. The molecule has 0 N–H and O–H groups in total. The lowest BCUT2D eigenvalue weighted by Gasteiger charge is -2.21. The second-order valence-electron chi connectivity index (χ2n) is 5.84. The molecule has 0 radical (unpaired) electrons. The zero-order valence-corrected chi connectivity index (χ0v) is 15.6. The zero-order chi connectivity index (χ0) is 16.7. The highest BCUT2D eigenvalue weighted by molar-refractivity contribution is 7.12. The standard InChI is InChI=1S/C18H20N2S2/c1-10-12(3)21-14(5)16(10)7-18(8-19,9-20)17-11(2)13(4)22-15(17)6/h7H2,1-6H3. The lowest BCUT2D eigenvalue weighted by Crippen LogP contribution is -2.27. The van der Waals surface area contributed by atoms with Crippen LogP contribution >= 0.6 is 22.7 Å². The number of nitriles is 2. The number of thiophene rings is 2. The predicted octanol–water partition coefficient (Wildman–Crippen LogP) is 5.19. The number of aryl methyl sites for hydroxylation is 4. The van der Waals surface area contributed by atoms with Crippen LogP contribution in [0.5, 0.6) is 0 Å². The second kappa shape index (κ2) is 5.88. The third-order valence-corrected chi connectivity index (χ3v) is 6.81. The van der Waals surface area contributed by atoms with Crippen molar-refractivity contribution in [2.24, 2.45) is 0 Å². The highest BCUT2D eigenvalue weighted by Crippen LogP contribution is 2.40. The Bertz CT molecular complexity index is 796. The fourth-order valence-electron chi connectivity index (χ4n) is 3.09. The molecule has 0 aliphatic carbocycles. The minimum Gasteiger partial charge on any atom is -0.196 e. The Morgan fingerprint density at radius 1 is 0.773 bits per heavy atom. The number of rotatable bonds is 3. The first-order valence-electron chi connectivity index (χ1n) is 7.22. The number of hydrogen-bond donors (Lipinski definition) is 0. The summed E-state index contributed by atoms with van der Waals surface area (Å²) < 4.78 is 0. The van der Waals surface area contributed by atoms with E-state index >= 15 is 0 Å². The number of nitrogens with zero attached hydrogens (tertiary/aromatic N) is 2. The summed E-state index contributed by atoms with van der Waals surface area (Å²) in [5.74, 6) is 0. The molecule has 0 aliphatic heterocycles. The summed E-state index contributed by atoms with van der Waals surface area (Å²) in [6.45, 7) is 12.4. The van der Waals surface area contributed by atoms with Crippen LogP contribution in [0.4, 0.5) is 0 Å². The molecule has 22 heavy (non-hydrogen) atoms. The first-order valence-corrected chi connectivity index (χ1v) is 8.85. The highest BCUT2D eigenvalue weighted by atomic mass is 32.1. The van der Waals surface area contributed by atoms with Gasteiger partial charge >= 0.3 is 0 Å². The molecule has 0 saturated carbocycles. The Labute approximate surface area is 140 Å². The Hall–Kier alpha value is -1.62. The summed E-state index contributed by atoms with van der Waals surface area (Å²) in [6.07, 6.45) is 0.472. The van der Waals surface area contributed by atoms with Gasteiger partial charge in [-0.3, -0.25) is 0 Å². The van der Waals surface area contributed by atoms with Gasteiger partial charge in [0.15, 0.2) is 5.41 Å². The average Bonchev–Trinajstić information content (AvgIpc) is 2.86. The van der Waals surface area contributed by atoms with Gasteiger partial charge in [-0.05, 0) is 58.2 Å². The van der Waals surface area contributed by atoms with Crippen molar-refractivity contribution in [2.45, 2.75) is 53.4 Å². The van der Waals surface area contributed by atoms with Crippen LogP contribution < -0.4 is 0 Å². The molecule has 4 heteroatoms. The van der Waals surface area contributed by atoms with Crippen LogP contribution in [0.3, 0.4) is 0 Å². The third-order valence-electron chi connectivity index (χ3n) is 4.52.